The molecule has 0 spiro atoms. The molecule has 1 aliphatic heterocycles. The molecule has 1 aromatic heterocycles. The molecule has 160 valence electrons. The Morgan fingerprint density at radius 2 is 1.74 bits per heavy atom. The number of halogens is 1. The van der Waals surface area contributed by atoms with Crippen molar-refractivity contribution in [3.05, 3.63) is 83.7 Å². The van der Waals surface area contributed by atoms with E-state index in [-0.39, 0.29) is 23.5 Å². The molecule has 7 heteroatoms. The Bertz CT molecular complexity index is 1050. The number of carbonyl (C=O) groups excluding carboxylic acids is 2. The molecule has 0 unspecified atom stereocenters. The Morgan fingerprint density at radius 3 is 2.35 bits per heavy atom. The summed E-state index contributed by atoms with van der Waals surface area (Å²) in [4.78, 5) is 31.2. The molecule has 0 aliphatic carbocycles. The third-order valence-electron chi connectivity index (χ3n) is 5.74. The number of hydrogen-bond donors (Lipinski definition) is 1. The number of imidazole rings is 1. The molecule has 3 aromatic rings. The molecule has 0 bridgehead atoms. The van der Waals surface area contributed by atoms with E-state index >= 15 is 0 Å². The Morgan fingerprint density at radius 1 is 1.06 bits per heavy atom. The van der Waals surface area contributed by atoms with Gasteiger partial charge in [0.25, 0.3) is 5.91 Å². The summed E-state index contributed by atoms with van der Waals surface area (Å²) in [5.74, 6) is 0.318. The maximum absolute atomic E-state index is 13.1. The van der Waals surface area contributed by atoms with E-state index in [4.69, 9.17) is 0 Å². The predicted octanol–water partition coefficient (Wildman–Crippen LogP) is 3.87. The van der Waals surface area contributed by atoms with Gasteiger partial charge in [0.15, 0.2) is 0 Å². The van der Waals surface area contributed by atoms with Crippen LogP contribution in [0.4, 0.5) is 10.1 Å². The topological polar surface area (TPSA) is 67.2 Å². The van der Waals surface area contributed by atoms with E-state index in [9.17, 15) is 14.0 Å². The Hall–Kier alpha value is -3.48. The summed E-state index contributed by atoms with van der Waals surface area (Å²) in [6.07, 6.45) is 4.94. The minimum atomic E-state index is -0.364. The molecule has 4 rings (SSSR count). The van der Waals surface area contributed by atoms with Gasteiger partial charge in [-0.05, 0) is 61.7 Å². The van der Waals surface area contributed by atoms with E-state index in [1.807, 2.05) is 37.4 Å². The van der Waals surface area contributed by atoms with Crippen molar-refractivity contribution in [1.82, 2.24) is 14.5 Å². The molecule has 2 amide bonds. The number of aryl methyl sites for hydroxylation is 1. The number of aromatic nitrogens is 2. The first-order valence-corrected chi connectivity index (χ1v) is 10.4. The number of piperidine rings is 1. The molecule has 1 fully saturated rings. The molecular formula is C24H25FN4O2. The first-order chi connectivity index (χ1) is 15.0. The summed E-state index contributed by atoms with van der Waals surface area (Å²) < 4.78 is 15.1. The minimum absolute atomic E-state index is 0.0212. The molecule has 6 nitrogen and oxygen atoms in total. The molecule has 1 aliphatic rings. The van der Waals surface area contributed by atoms with Crippen molar-refractivity contribution in [1.29, 1.82) is 0 Å². The van der Waals surface area contributed by atoms with Crippen LogP contribution >= 0.6 is 0 Å². The lowest BCUT2D eigenvalue weighted by Gasteiger charge is -2.31. The van der Waals surface area contributed by atoms with Gasteiger partial charge in [-0.25, -0.2) is 9.37 Å². The molecule has 0 radical (unpaired) electrons. The van der Waals surface area contributed by atoms with Crippen LogP contribution in [-0.2, 0) is 11.3 Å². The smallest absolute Gasteiger partial charge is 0.253 e. The lowest BCUT2D eigenvalue weighted by molar-refractivity contribution is -0.121. The van der Waals surface area contributed by atoms with Crippen LogP contribution in [0.5, 0.6) is 0 Å². The number of nitrogens with one attached hydrogen (secondary N) is 1. The van der Waals surface area contributed by atoms with Crippen LogP contribution in [0.25, 0.3) is 0 Å². The van der Waals surface area contributed by atoms with Gasteiger partial charge in [-0.15, -0.1) is 0 Å². The fourth-order valence-electron chi connectivity index (χ4n) is 3.83. The van der Waals surface area contributed by atoms with Gasteiger partial charge < -0.3 is 14.8 Å². The zero-order valence-electron chi connectivity index (χ0n) is 17.4. The van der Waals surface area contributed by atoms with E-state index in [1.54, 1.807) is 11.1 Å². The maximum Gasteiger partial charge on any atom is 0.253 e. The van der Waals surface area contributed by atoms with Crippen molar-refractivity contribution in [3.63, 3.8) is 0 Å². The van der Waals surface area contributed by atoms with Crippen molar-refractivity contribution < 1.29 is 14.0 Å². The van der Waals surface area contributed by atoms with Crippen LogP contribution in [0.15, 0.2) is 60.9 Å². The van der Waals surface area contributed by atoms with Crippen LogP contribution in [0.3, 0.4) is 0 Å². The number of anilines is 1. The summed E-state index contributed by atoms with van der Waals surface area (Å²) in [6.45, 7) is 3.72. The van der Waals surface area contributed by atoms with E-state index in [0.29, 0.717) is 31.5 Å². The van der Waals surface area contributed by atoms with Crippen LogP contribution in [-0.4, -0.2) is 39.4 Å². The van der Waals surface area contributed by atoms with Crippen molar-refractivity contribution in [2.45, 2.75) is 26.3 Å². The number of likely N-dealkylation sites (tertiary alicyclic amines) is 1. The number of carbonyl (C=O) groups is 2. The quantitative estimate of drug-likeness (QED) is 0.681. The third-order valence-corrected chi connectivity index (χ3v) is 5.74. The second kappa shape index (κ2) is 9.12. The number of hydrogen-bond acceptors (Lipinski definition) is 3. The molecular weight excluding hydrogens is 395 g/mol. The van der Waals surface area contributed by atoms with Crippen molar-refractivity contribution in [2.24, 2.45) is 5.92 Å². The highest BCUT2D eigenvalue weighted by molar-refractivity contribution is 5.95. The summed E-state index contributed by atoms with van der Waals surface area (Å²) in [5, 5.41) is 2.99. The average molecular weight is 420 g/mol. The fourth-order valence-corrected chi connectivity index (χ4v) is 3.83. The number of benzene rings is 2. The van der Waals surface area contributed by atoms with Gasteiger partial charge in [-0.3, -0.25) is 9.59 Å². The SMILES string of the molecule is Cc1nccn1Cc1ccc(NC(=O)C2CCN(C(=O)c3ccc(F)cc3)CC2)cc1. The van der Waals surface area contributed by atoms with Gasteiger partial charge in [0.05, 0.1) is 0 Å². The molecule has 0 saturated carbocycles. The highest BCUT2D eigenvalue weighted by Gasteiger charge is 2.27. The Kier molecular flexibility index (Phi) is 6.11. The van der Waals surface area contributed by atoms with E-state index in [0.717, 1.165) is 23.6 Å². The molecule has 2 aromatic carbocycles. The maximum atomic E-state index is 13.1. The van der Waals surface area contributed by atoms with Gasteiger partial charge in [0.2, 0.25) is 5.91 Å². The number of amides is 2. The zero-order chi connectivity index (χ0) is 21.8. The minimum Gasteiger partial charge on any atom is -0.339 e. The predicted molar refractivity (Wildman–Crippen MR) is 116 cm³/mol. The van der Waals surface area contributed by atoms with Crippen LogP contribution in [0.2, 0.25) is 0 Å². The summed E-state index contributed by atoms with van der Waals surface area (Å²) in [5.41, 5.74) is 2.36. The van der Waals surface area contributed by atoms with Gasteiger partial charge in [0, 0.05) is 49.2 Å². The van der Waals surface area contributed by atoms with E-state index in [1.165, 1.54) is 24.3 Å². The molecule has 31 heavy (non-hydrogen) atoms. The van der Waals surface area contributed by atoms with Gasteiger partial charge in [0.1, 0.15) is 11.6 Å². The van der Waals surface area contributed by atoms with Gasteiger partial charge >= 0.3 is 0 Å². The summed E-state index contributed by atoms with van der Waals surface area (Å²) in [7, 11) is 0. The standard InChI is InChI=1S/C24H25FN4O2/c1-17-26-12-15-29(17)16-18-2-8-22(9-3-18)27-23(30)19-10-13-28(14-11-19)24(31)20-4-6-21(25)7-5-20/h2-9,12,15,19H,10-11,13-14,16H2,1H3,(H,27,30). The Balaban J connectivity index is 1.28. The lowest BCUT2D eigenvalue weighted by atomic mass is 9.95. The third kappa shape index (κ3) is 4.99. The zero-order valence-corrected chi connectivity index (χ0v) is 17.4. The molecule has 1 saturated heterocycles. The van der Waals surface area contributed by atoms with Gasteiger partial charge in [-0.1, -0.05) is 12.1 Å². The van der Waals surface area contributed by atoms with Gasteiger partial charge in [-0.2, -0.15) is 0 Å². The average Bonchev–Trinajstić information content (AvgIpc) is 3.19. The normalized spacial score (nSPS) is 14.5. The fraction of sp³-hybridized carbons (Fsp3) is 0.292. The lowest BCUT2D eigenvalue weighted by Crippen LogP contribution is -2.41. The molecule has 0 atom stereocenters. The summed E-state index contributed by atoms with van der Waals surface area (Å²) >= 11 is 0. The highest BCUT2D eigenvalue weighted by atomic mass is 19.1. The summed E-state index contributed by atoms with van der Waals surface area (Å²) in [6, 6.07) is 13.4. The van der Waals surface area contributed by atoms with E-state index in [2.05, 4.69) is 14.9 Å². The monoisotopic (exact) mass is 420 g/mol. The highest BCUT2D eigenvalue weighted by Crippen LogP contribution is 2.21. The largest absolute Gasteiger partial charge is 0.339 e. The van der Waals surface area contributed by atoms with Crippen LogP contribution in [0, 0.1) is 18.7 Å². The first-order valence-electron chi connectivity index (χ1n) is 10.4. The van der Waals surface area contributed by atoms with Crippen molar-refractivity contribution in [3.8, 4) is 0 Å². The first kappa shape index (κ1) is 20.8. The molecule has 1 N–H and O–H groups in total. The van der Waals surface area contributed by atoms with E-state index < -0.39 is 0 Å². The Labute approximate surface area is 180 Å². The van der Waals surface area contributed by atoms with Crippen LogP contribution in [0.1, 0.15) is 34.6 Å². The molecule has 2 heterocycles. The second-order valence-corrected chi connectivity index (χ2v) is 7.86. The van der Waals surface area contributed by atoms with Crippen molar-refractivity contribution >= 4 is 17.5 Å². The number of nitrogens with zero attached hydrogens (tertiary/aromatic N) is 3. The number of rotatable bonds is 5. The second-order valence-electron chi connectivity index (χ2n) is 7.86. The van der Waals surface area contributed by atoms with Crippen molar-refractivity contribution in [2.75, 3.05) is 18.4 Å². The van der Waals surface area contributed by atoms with Crippen LogP contribution < -0.4 is 5.32 Å².